The molecule has 0 bridgehead atoms. The molecular weight excluding hydrogens is 342 g/mol. The number of rotatable bonds is 3. The summed E-state index contributed by atoms with van der Waals surface area (Å²) >= 11 is 0. The van der Waals surface area contributed by atoms with Crippen molar-refractivity contribution in [3.05, 3.63) is 53.2 Å². The molecule has 0 spiro atoms. The summed E-state index contributed by atoms with van der Waals surface area (Å²) in [5.74, 6) is 1.03. The molecule has 0 saturated carbocycles. The molecule has 2 aliphatic rings. The second kappa shape index (κ2) is 6.64. The highest BCUT2D eigenvalue weighted by Crippen LogP contribution is 2.34. The number of likely N-dealkylation sites (tertiary alicyclic amines) is 1. The summed E-state index contributed by atoms with van der Waals surface area (Å²) in [6, 6.07) is 9.55. The highest BCUT2D eigenvalue weighted by Gasteiger charge is 2.37. The molecule has 138 valence electrons. The quantitative estimate of drug-likeness (QED) is 0.771. The average molecular weight is 363 g/mol. The Morgan fingerprint density at radius 2 is 2.00 bits per heavy atom. The molecule has 1 fully saturated rings. The van der Waals surface area contributed by atoms with Gasteiger partial charge < -0.3 is 9.42 Å². The first-order chi connectivity index (χ1) is 13.3. The minimum atomic E-state index is -0.182. The third-order valence-corrected chi connectivity index (χ3v) is 5.53. The van der Waals surface area contributed by atoms with E-state index in [4.69, 9.17) is 4.52 Å². The van der Waals surface area contributed by atoms with Crippen molar-refractivity contribution in [2.75, 3.05) is 6.54 Å². The lowest BCUT2D eigenvalue weighted by Crippen LogP contribution is -2.31. The molecule has 1 aliphatic carbocycles. The second-order valence-corrected chi connectivity index (χ2v) is 7.22. The average Bonchev–Trinajstić information content (AvgIpc) is 3.46. The van der Waals surface area contributed by atoms with Crippen molar-refractivity contribution < 1.29 is 9.32 Å². The highest BCUT2D eigenvalue weighted by molar-refractivity contribution is 5.94. The van der Waals surface area contributed by atoms with E-state index in [2.05, 4.69) is 20.3 Å². The Bertz CT molecular complexity index is 962. The molecule has 1 aliphatic heterocycles. The van der Waals surface area contributed by atoms with Crippen LogP contribution >= 0.6 is 0 Å². The van der Waals surface area contributed by atoms with Crippen LogP contribution in [0.3, 0.4) is 0 Å². The Balaban J connectivity index is 1.42. The summed E-state index contributed by atoms with van der Waals surface area (Å²) in [6.45, 7) is 0.689. The maximum absolute atomic E-state index is 13.2. The molecule has 5 rings (SSSR count). The van der Waals surface area contributed by atoms with Crippen LogP contribution in [0.2, 0.25) is 0 Å². The van der Waals surface area contributed by atoms with Gasteiger partial charge in [-0.3, -0.25) is 9.89 Å². The molecule has 0 unspecified atom stereocenters. The molecule has 3 aromatic rings. The van der Waals surface area contributed by atoms with E-state index in [1.54, 1.807) is 0 Å². The van der Waals surface area contributed by atoms with Gasteiger partial charge in [0.05, 0.1) is 0 Å². The largest absolute Gasteiger partial charge is 0.337 e. The number of hydrogen-bond donors (Lipinski definition) is 1. The van der Waals surface area contributed by atoms with Crippen molar-refractivity contribution in [3.63, 3.8) is 0 Å². The Morgan fingerprint density at radius 3 is 2.89 bits per heavy atom. The van der Waals surface area contributed by atoms with Gasteiger partial charge in [-0.05, 0) is 38.5 Å². The van der Waals surface area contributed by atoms with Crippen LogP contribution in [0.5, 0.6) is 0 Å². The first kappa shape index (κ1) is 16.2. The minimum Gasteiger partial charge on any atom is -0.337 e. The molecular formula is C20H21N5O2. The zero-order chi connectivity index (χ0) is 18.2. The normalized spacial score (nSPS) is 19.3. The standard InChI is InChI=1S/C20H21N5O2/c26-20(17-14-9-4-5-10-15(14)22-23-17)25-12-6-11-16(25)19-21-18(24-27-19)13-7-2-1-3-8-13/h1-3,7-8,16H,4-6,9-12H2,(H,22,23)/t16-/m1/s1. The van der Waals surface area contributed by atoms with Crippen molar-refractivity contribution in [1.29, 1.82) is 0 Å². The number of carbonyl (C=O) groups excluding carboxylic acids is 1. The van der Waals surface area contributed by atoms with Crippen LogP contribution in [0.4, 0.5) is 0 Å². The predicted molar refractivity (Wildman–Crippen MR) is 98.0 cm³/mol. The number of fused-ring (bicyclic) bond motifs is 1. The van der Waals surface area contributed by atoms with Gasteiger partial charge in [0.25, 0.3) is 5.91 Å². The number of amides is 1. The molecule has 2 aromatic heterocycles. The van der Waals surface area contributed by atoms with E-state index in [1.807, 2.05) is 35.2 Å². The van der Waals surface area contributed by atoms with Gasteiger partial charge in [-0.25, -0.2) is 0 Å². The monoisotopic (exact) mass is 363 g/mol. The molecule has 7 nitrogen and oxygen atoms in total. The predicted octanol–water partition coefficient (Wildman–Crippen LogP) is 3.32. The number of carbonyl (C=O) groups is 1. The van der Waals surface area contributed by atoms with E-state index < -0.39 is 0 Å². The summed E-state index contributed by atoms with van der Waals surface area (Å²) in [4.78, 5) is 19.6. The lowest BCUT2D eigenvalue weighted by molar-refractivity contribution is 0.0703. The summed E-state index contributed by atoms with van der Waals surface area (Å²) in [7, 11) is 0. The first-order valence-electron chi connectivity index (χ1n) is 9.57. The van der Waals surface area contributed by atoms with Gasteiger partial charge in [0, 0.05) is 23.4 Å². The van der Waals surface area contributed by atoms with Crippen LogP contribution < -0.4 is 0 Å². The Labute approximate surface area is 156 Å². The Morgan fingerprint density at radius 1 is 1.15 bits per heavy atom. The van der Waals surface area contributed by atoms with E-state index in [1.165, 1.54) is 0 Å². The summed E-state index contributed by atoms with van der Waals surface area (Å²) in [5.41, 5.74) is 3.68. The number of H-pyrrole nitrogens is 1. The SMILES string of the molecule is O=C(c1n[nH]c2c1CCCC2)N1CCC[C@@H]1c1nc(-c2ccccc2)no1. The fourth-order valence-electron chi connectivity index (χ4n) is 4.14. The van der Waals surface area contributed by atoms with Crippen LogP contribution in [0.15, 0.2) is 34.9 Å². The van der Waals surface area contributed by atoms with Crippen molar-refractivity contribution in [1.82, 2.24) is 25.2 Å². The van der Waals surface area contributed by atoms with Gasteiger partial charge in [0.15, 0.2) is 5.69 Å². The number of benzene rings is 1. The van der Waals surface area contributed by atoms with E-state index in [0.717, 1.165) is 55.3 Å². The van der Waals surface area contributed by atoms with Gasteiger partial charge in [-0.1, -0.05) is 35.5 Å². The molecule has 1 amide bonds. The third-order valence-electron chi connectivity index (χ3n) is 5.53. The number of nitrogens with zero attached hydrogens (tertiary/aromatic N) is 4. The molecule has 7 heteroatoms. The lowest BCUT2D eigenvalue weighted by Gasteiger charge is -2.22. The van der Waals surface area contributed by atoms with Crippen molar-refractivity contribution in [3.8, 4) is 11.4 Å². The van der Waals surface area contributed by atoms with E-state index in [0.29, 0.717) is 24.0 Å². The van der Waals surface area contributed by atoms with Gasteiger partial charge in [-0.2, -0.15) is 10.1 Å². The van der Waals surface area contributed by atoms with Gasteiger partial charge in [0.1, 0.15) is 6.04 Å². The van der Waals surface area contributed by atoms with Crippen molar-refractivity contribution in [2.45, 2.75) is 44.6 Å². The van der Waals surface area contributed by atoms with Gasteiger partial charge in [-0.15, -0.1) is 0 Å². The minimum absolute atomic E-state index is 0.0311. The zero-order valence-electron chi connectivity index (χ0n) is 15.0. The fraction of sp³-hybridized carbons (Fsp3) is 0.400. The maximum atomic E-state index is 13.2. The molecule has 1 N–H and O–H groups in total. The topological polar surface area (TPSA) is 87.9 Å². The molecule has 1 atom stereocenters. The second-order valence-electron chi connectivity index (χ2n) is 7.22. The Kier molecular flexibility index (Phi) is 3.99. The highest BCUT2D eigenvalue weighted by atomic mass is 16.5. The van der Waals surface area contributed by atoms with Crippen LogP contribution in [0.25, 0.3) is 11.4 Å². The van der Waals surface area contributed by atoms with Crippen molar-refractivity contribution in [2.24, 2.45) is 0 Å². The first-order valence-corrected chi connectivity index (χ1v) is 9.57. The summed E-state index contributed by atoms with van der Waals surface area (Å²) < 4.78 is 5.53. The van der Waals surface area contributed by atoms with E-state index in [-0.39, 0.29) is 11.9 Å². The smallest absolute Gasteiger partial charge is 0.275 e. The van der Waals surface area contributed by atoms with Crippen molar-refractivity contribution >= 4 is 5.91 Å². The van der Waals surface area contributed by atoms with Gasteiger partial charge in [0.2, 0.25) is 11.7 Å². The fourth-order valence-corrected chi connectivity index (χ4v) is 4.14. The van der Waals surface area contributed by atoms with Crippen LogP contribution in [-0.2, 0) is 12.8 Å². The Hall–Kier alpha value is -2.96. The summed E-state index contributed by atoms with van der Waals surface area (Å²) in [5, 5.41) is 11.5. The molecule has 0 radical (unpaired) electrons. The number of aromatic amines is 1. The van der Waals surface area contributed by atoms with E-state index >= 15 is 0 Å². The lowest BCUT2D eigenvalue weighted by atomic mass is 9.95. The van der Waals surface area contributed by atoms with Crippen LogP contribution in [0, 0.1) is 0 Å². The molecule has 27 heavy (non-hydrogen) atoms. The summed E-state index contributed by atoms with van der Waals surface area (Å²) in [6.07, 6.45) is 5.91. The number of aryl methyl sites for hydroxylation is 1. The number of nitrogens with one attached hydrogen (secondary N) is 1. The third kappa shape index (κ3) is 2.83. The molecule has 3 heterocycles. The molecule has 1 saturated heterocycles. The zero-order valence-corrected chi connectivity index (χ0v) is 15.0. The number of aromatic nitrogens is 4. The maximum Gasteiger partial charge on any atom is 0.275 e. The van der Waals surface area contributed by atoms with Crippen LogP contribution in [0.1, 0.15) is 59.4 Å². The van der Waals surface area contributed by atoms with E-state index in [9.17, 15) is 4.79 Å². The van der Waals surface area contributed by atoms with Gasteiger partial charge >= 0.3 is 0 Å². The van der Waals surface area contributed by atoms with Crippen LogP contribution in [-0.4, -0.2) is 37.7 Å². The number of hydrogen-bond acceptors (Lipinski definition) is 5. The molecule has 1 aromatic carbocycles.